The zero-order valence-electron chi connectivity index (χ0n) is 38.2. The lowest BCUT2D eigenvalue weighted by Crippen LogP contribution is -2.59. The van der Waals surface area contributed by atoms with Gasteiger partial charge in [-0.15, -0.1) is 0 Å². The van der Waals surface area contributed by atoms with Crippen molar-refractivity contribution in [2.75, 3.05) is 26.4 Å². The van der Waals surface area contributed by atoms with Crippen molar-refractivity contribution in [1.29, 1.82) is 0 Å². The molecule has 9 nitrogen and oxygen atoms in total. The number of hydrogen-bond acceptors (Lipinski definition) is 9. The summed E-state index contributed by atoms with van der Waals surface area (Å²) in [5, 5.41) is 40.2. The van der Waals surface area contributed by atoms with Gasteiger partial charge in [-0.1, -0.05) is 171 Å². The first-order valence-electron chi connectivity index (χ1n) is 24.4. The summed E-state index contributed by atoms with van der Waals surface area (Å²) in [7, 11) is 0. The van der Waals surface area contributed by atoms with Crippen LogP contribution >= 0.6 is 0 Å². The predicted octanol–water partition coefficient (Wildman–Crippen LogP) is 11.5. The SMILES string of the molecule is CCC/C=C\C/C=C\CCCCCCCC(=O)OC(COCCCCCCCCCCC/C=C\C/C=C\C/C=C\CCCCCCC)COC1OC(CO)C(O)C(O)C1O. The third-order valence-electron chi connectivity index (χ3n) is 10.9. The largest absolute Gasteiger partial charge is 0.457 e. The van der Waals surface area contributed by atoms with E-state index in [0.29, 0.717) is 13.0 Å². The van der Waals surface area contributed by atoms with Crippen LogP contribution in [0.2, 0.25) is 0 Å². The van der Waals surface area contributed by atoms with Crippen LogP contribution in [0.4, 0.5) is 0 Å². The van der Waals surface area contributed by atoms with Gasteiger partial charge in [-0.2, -0.15) is 0 Å². The highest BCUT2D eigenvalue weighted by molar-refractivity contribution is 5.69. The molecule has 6 atom stereocenters. The molecule has 1 heterocycles. The molecule has 0 saturated carbocycles. The van der Waals surface area contributed by atoms with E-state index in [4.69, 9.17) is 18.9 Å². The van der Waals surface area contributed by atoms with Crippen molar-refractivity contribution in [3.05, 3.63) is 60.8 Å². The Morgan fingerprint density at radius 1 is 0.533 bits per heavy atom. The van der Waals surface area contributed by atoms with Gasteiger partial charge >= 0.3 is 5.97 Å². The van der Waals surface area contributed by atoms with Crippen molar-refractivity contribution < 1.29 is 44.2 Å². The summed E-state index contributed by atoms with van der Waals surface area (Å²) in [5.41, 5.74) is 0. The molecule has 348 valence electrons. The molecule has 1 rings (SSSR count). The highest BCUT2D eigenvalue weighted by Crippen LogP contribution is 2.22. The van der Waals surface area contributed by atoms with E-state index in [1.165, 1.54) is 96.3 Å². The van der Waals surface area contributed by atoms with Gasteiger partial charge in [0, 0.05) is 13.0 Å². The molecule has 0 aliphatic carbocycles. The number of esters is 1. The number of carbonyl (C=O) groups excluding carboxylic acids is 1. The first kappa shape index (κ1) is 55.9. The zero-order valence-corrected chi connectivity index (χ0v) is 38.2. The Morgan fingerprint density at radius 3 is 1.52 bits per heavy atom. The summed E-state index contributed by atoms with van der Waals surface area (Å²) < 4.78 is 22.8. The maximum absolute atomic E-state index is 12.8. The fourth-order valence-corrected chi connectivity index (χ4v) is 7.07. The third-order valence-corrected chi connectivity index (χ3v) is 10.9. The first-order valence-corrected chi connectivity index (χ1v) is 24.4. The standard InChI is InChI=1S/C51H90O9/c1-3-5-7-9-11-13-15-17-18-19-20-21-22-23-24-25-26-27-29-31-33-35-37-39-41-57-43-45(44-58-51-50(56)49(55)48(54)46(42-52)60-51)59-47(53)40-38-36-34-32-30-28-16-14-12-10-8-6-4-2/h8,10,14-17,19-20,22-23,45-46,48-52,54-56H,3-7,9,11-13,18,21,24-44H2,1-2H3/b10-8-,16-14-,17-15-,20-19-,23-22-. The molecule has 0 aromatic rings. The first-order chi connectivity index (χ1) is 29.4. The number of ether oxygens (including phenoxy) is 4. The second-order valence-corrected chi connectivity index (χ2v) is 16.6. The molecule has 60 heavy (non-hydrogen) atoms. The van der Waals surface area contributed by atoms with E-state index in [1.807, 2.05) is 0 Å². The molecule has 0 aromatic carbocycles. The number of unbranched alkanes of at least 4 members (excludes halogenated alkanes) is 20. The minimum atomic E-state index is -1.54. The molecule has 1 aliphatic heterocycles. The lowest BCUT2D eigenvalue weighted by molar-refractivity contribution is -0.305. The van der Waals surface area contributed by atoms with Crippen molar-refractivity contribution in [3.63, 3.8) is 0 Å². The number of hydrogen-bond donors (Lipinski definition) is 4. The van der Waals surface area contributed by atoms with Crippen molar-refractivity contribution >= 4 is 5.97 Å². The summed E-state index contributed by atoms with van der Waals surface area (Å²) in [5.74, 6) is -0.332. The molecular weight excluding hydrogens is 757 g/mol. The van der Waals surface area contributed by atoms with Gasteiger partial charge in [-0.05, 0) is 77.0 Å². The summed E-state index contributed by atoms with van der Waals surface area (Å²) in [4.78, 5) is 12.8. The van der Waals surface area contributed by atoms with E-state index in [0.717, 1.165) is 77.0 Å². The number of allylic oxidation sites excluding steroid dienone is 10. The zero-order chi connectivity index (χ0) is 43.6. The predicted molar refractivity (Wildman–Crippen MR) is 247 cm³/mol. The Bertz CT molecular complexity index is 1100. The molecule has 0 aromatic heterocycles. The van der Waals surface area contributed by atoms with Crippen LogP contribution in [0.1, 0.15) is 194 Å². The van der Waals surface area contributed by atoms with Crippen LogP contribution in [0.3, 0.4) is 0 Å². The molecule has 1 aliphatic rings. The minimum absolute atomic E-state index is 0.124. The topological polar surface area (TPSA) is 135 Å². The quantitative estimate of drug-likeness (QED) is 0.0269. The van der Waals surface area contributed by atoms with Crippen molar-refractivity contribution in [2.45, 2.75) is 230 Å². The average molecular weight is 847 g/mol. The molecule has 4 N–H and O–H groups in total. The van der Waals surface area contributed by atoms with Crippen molar-refractivity contribution in [1.82, 2.24) is 0 Å². The van der Waals surface area contributed by atoms with E-state index in [9.17, 15) is 25.2 Å². The monoisotopic (exact) mass is 847 g/mol. The lowest BCUT2D eigenvalue weighted by Gasteiger charge is -2.39. The number of carbonyl (C=O) groups is 1. The third kappa shape index (κ3) is 32.6. The van der Waals surface area contributed by atoms with E-state index in [-0.39, 0.29) is 19.2 Å². The Hall–Kier alpha value is -2.11. The van der Waals surface area contributed by atoms with Gasteiger partial charge in [-0.25, -0.2) is 0 Å². The highest BCUT2D eigenvalue weighted by atomic mass is 16.7. The molecule has 1 saturated heterocycles. The molecule has 0 amide bonds. The smallest absolute Gasteiger partial charge is 0.306 e. The van der Waals surface area contributed by atoms with Crippen LogP contribution in [0.15, 0.2) is 60.8 Å². The molecule has 1 fully saturated rings. The Morgan fingerprint density at radius 2 is 1.00 bits per heavy atom. The Balaban J connectivity index is 2.21. The van der Waals surface area contributed by atoms with Gasteiger partial charge in [0.2, 0.25) is 0 Å². The molecule has 0 radical (unpaired) electrons. The lowest BCUT2D eigenvalue weighted by atomic mass is 9.99. The number of aliphatic hydroxyl groups is 4. The van der Waals surface area contributed by atoms with Gasteiger partial charge in [0.1, 0.15) is 30.5 Å². The van der Waals surface area contributed by atoms with Crippen LogP contribution in [0, 0.1) is 0 Å². The van der Waals surface area contributed by atoms with E-state index in [2.05, 4.69) is 74.6 Å². The molecule has 6 unspecified atom stereocenters. The second kappa shape index (κ2) is 42.2. The minimum Gasteiger partial charge on any atom is -0.457 e. The second-order valence-electron chi connectivity index (χ2n) is 16.6. The highest BCUT2D eigenvalue weighted by Gasteiger charge is 2.44. The van der Waals surface area contributed by atoms with Gasteiger partial charge in [0.15, 0.2) is 6.29 Å². The van der Waals surface area contributed by atoms with Gasteiger partial charge in [0.25, 0.3) is 0 Å². The maximum Gasteiger partial charge on any atom is 0.306 e. The maximum atomic E-state index is 12.8. The normalized spacial score (nSPS) is 20.5. The van der Waals surface area contributed by atoms with Gasteiger partial charge in [0.05, 0.1) is 19.8 Å². The molecule has 9 heteroatoms. The summed E-state index contributed by atoms with van der Waals surface area (Å²) in [6.45, 7) is 4.45. The number of rotatable bonds is 41. The molecule has 0 bridgehead atoms. The summed E-state index contributed by atoms with van der Waals surface area (Å²) in [6.07, 6.45) is 46.8. The van der Waals surface area contributed by atoms with E-state index >= 15 is 0 Å². The van der Waals surface area contributed by atoms with Crippen molar-refractivity contribution in [3.8, 4) is 0 Å². The van der Waals surface area contributed by atoms with Crippen LogP contribution in [0.25, 0.3) is 0 Å². The molecular formula is C51H90O9. The fraction of sp³-hybridized carbons (Fsp3) is 0.784. The summed E-state index contributed by atoms with van der Waals surface area (Å²) >= 11 is 0. The fourth-order valence-electron chi connectivity index (χ4n) is 7.07. The van der Waals surface area contributed by atoms with Gasteiger partial charge in [-0.3, -0.25) is 4.79 Å². The van der Waals surface area contributed by atoms with E-state index < -0.39 is 43.4 Å². The molecule has 0 spiro atoms. The van der Waals surface area contributed by atoms with Crippen LogP contribution in [0.5, 0.6) is 0 Å². The van der Waals surface area contributed by atoms with Crippen molar-refractivity contribution in [2.24, 2.45) is 0 Å². The Kier molecular flexibility index (Phi) is 39.3. The van der Waals surface area contributed by atoms with Crippen LogP contribution in [-0.4, -0.2) is 89.6 Å². The summed E-state index contributed by atoms with van der Waals surface area (Å²) in [6, 6.07) is 0. The van der Waals surface area contributed by atoms with E-state index in [1.54, 1.807) is 0 Å². The number of aliphatic hydroxyl groups excluding tert-OH is 4. The van der Waals surface area contributed by atoms with Gasteiger partial charge < -0.3 is 39.4 Å². The van der Waals surface area contributed by atoms with Crippen LogP contribution in [-0.2, 0) is 23.7 Å². The average Bonchev–Trinajstić information content (AvgIpc) is 3.25. The van der Waals surface area contributed by atoms with Crippen LogP contribution < -0.4 is 0 Å². The Labute approximate surface area is 366 Å².